The fraction of sp³-hybridized carbons (Fsp3) is 0. The largest absolute Gasteiger partial charge is 1.00 e. The first kappa shape index (κ1) is 18.7. The summed E-state index contributed by atoms with van der Waals surface area (Å²) in [7, 11) is -3.81. The van der Waals surface area contributed by atoms with Gasteiger partial charge in [0.1, 0.15) is 11.2 Å². The number of rotatable bonds is 4. The number of aromatic nitrogens is 1. The van der Waals surface area contributed by atoms with Crippen molar-refractivity contribution < 1.29 is 43.6 Å². The smallest absolute Gasteiger partial charge is 1.00 e. The molecule has 0 aliphatic heterocycles. The molecule has 0 saturated heterocycles. The molecule has 1 N–H and O–H groups in total. The standard InChI is InChI=1S/C20H15NO3S.Na.H/c22-25(23,16-8-2-1-3-9-16)24-14-13-15-7-6-11-18-17-10-4-5-12-19(17)21-20(15)18;;/h1-14,21H;;/q;+1;-1. The van der Waals surface area contributed by atoms with Crippen LogP contribution in [0.4, 0.5) is 0 Å². The van der Waals surface area contributed by atoms with Gasteiger partial charge in [0.2, 0.25) is 0 Å². The number of benzene rings is 3. The molecular weight excluding hydrogens is 357 g/mol. The average molecular weight is 373 g/mol. The number of hydrogen-bond acceptors (Lipinski definition) is 3. The van der Waals surface area contributed by atoms with Gasteiger partial charge in [0.25, 0.3) is 0 Å². The Labute approximate surface area is 175 Å². The normalized spacial score (nSPS) is 11.7. The molecule has 0 radical (unpaired) electrons. The Hall–Kier alpha value is -2.05. The van der Waals surface area contributed by atoms with E-state index in [4.69, 9.17) is 4.18 Å². The van der Waals surface area contributed by atoms with Crippen molar-refractivity contribution in [3.8, 4) is 0 Å². The Morgan fingerprint density at radius 1 is 0.846 bits per heavy atom. The quantitative estimate of drug-likeness (QED) is 0.337. The summed E-state index contributed by atoms with van der Waals surface area (Å²) in [5.74, 6) is 0. The summed E-state index contributed by atoms with van der Waals surface area (Å²) in [6.07, 6.45) is 2.86. The van der Waals surface area contributed by atoms with E-state index in [1.165, 1.54) is 18.4 Å². The van der Waals surface area contributed by atoms with Crippen LogP contribution in [0.2, 0.25) is 0 Å². The van der Waals surface area contributed by atoms with Crippen molar-refractivity contribution in [1.82, 2.24) is 4.98 Å². The van der Waals surface area contributed by atoms with Crippen molar-refractivity contribution in [3.63, 3.8) is 0 Å². The molecule has 126 valence electrons. The minimum atomic E-state index is -3.81. The molecule has 3 aromatic carbocycles. The van der Waals surface area contributed by atoms with Crippen LogP contribution in [0.15, 0.2) is 84.0 Å². The maximum absolute atomic E-state index is 12.1. The molecule has 0 spiro atoms. The molecule has 0 atom stereocenters. The third-order valence-corrected chi connectivity index (χ3v) is 5.25. The number of nitrogens with one attached hydrogen (secondary N) is 1. The van der Waals surface area contributed by atoms with E-state index < -0.39 is 10.1 Å². The molecule has 4 rings (SSSR count). The fourth-order valence-corrected chi connectivity index (χ4v) is 3.66. The van der Waals surface area contributed by atoms with E-state index in [1.54, 1.807) is 24.3 Å². The van der Waals surface area contributed by atoms with Crippen molar-refractivity contribution in [3.05, 3.63) is 84.6 Å². The zero-order valence-corrected chi connectivity index (χ0v) is 17.0. The van der Waals surface area contributed by atoms with Crippen molar-refractivity contribution >= 4 is 38.0 Å². The van der Waals surface area contributed by atoms with Gasteiger partial charge < -0.3 is 10.6 Å². The molecule has 26 heavy (non-hydrogen) atoms. The Morgan fingerprint density at radius 3 is 2.35 bits per heavy atom. The minimum Gasteiger partial charge on any atom is -1.00 e. The number of aromatic amines is 1. The van der Waals surface area contributed by atoms with E-state index in [2.05, 4.69) is 11.1 Å². The van der Waals surface area contributed by atoms with Crippen LogP contribution in [0.1, 0.15) is 6.99 Å². The molecule has 0 aliphatic carbocycles. The summed E-state index contributed by atoms with van der Waals surface area (Å²) in [5, 5.41) is 2.22. The minimum absolute atomic E-state index is 0. The van der Waals surface area contributed by atoms with Crippen LogP contribution in [0.25, 0.3) is 27.9 Å². The molecule has 4 aromatic rings. The summed E-state index contributed by atoms with van der Waals surface area (Å²) >= 11 is 0. The van der Waals surface area contributed by atoms with Gasteiger partial charge in [-0.25, -0.2) is 0 Å². The van der Waals surface area contributed by atoms with Crippen LogP contribution < -0.4 is 29.6 Å². The molecule has 0 bridgehead atoms. The van der Waals surface area contributed by atoms with Crippen LogP contribution in [0.3, 0.4) is 0 Å². The van der Waals surface area contributed by atoms with E-state index in [1.807, 2.05) is 36.4 Å². The van der Waals surface area contributed by atoms with E-state index >= 15 is 0 Å². The SMILES string of the molecule is O=S(=O)(OC=Cc1cccc2c1[nH]c1ccccc12)c1ccccc1.[H-].[Na+]. The Bertz CT molecular complexity index is 1190. The summed E-state index contributed by atoms with van der Waals surface area (Å²) in [4.78, 5) is 3.50. The van der Waals surface area contributed by atoms with Crippen molar-refractivity contribution in [2.45, 2.75) is 4.90 Å². The molecule has 1 aromatic heterocycles. The van der Waals surface area contributed by atoms with Gasteiger partial charge in [-0.2, -0.15) is 8.42 Å². The number of H-pyrrole nitrogens is 1. The van der Waals surface area contributed by atoms with Crippen molar-refractivity contribution in [2.75, 3.05) is 0 Å². The molecule has 0 saturated carbocycles. The van der Waals surface area contributed by atoms with Crippen LogP contribution in [-0.2, 0) is 14.3 Å². The van der Waals surface area contributed by atoms with Gasteiger partial charge in [-0.3, -0.25) is 0 Å². The predicted octanol–water partition coefficient (Wildman–Crippen LogP) is 1.81. The number of para-hydroxylation sites is 2. The second-order valence-corrected chi connectivity index (χ2v) is 7.18. The van der Waals surface area contributed by atoms with Crippen molar-refractivity contribution in [2.24, 2.45) is 0 Å². The van der Waals surface area contributed by atoms with Gasteiger partial charge in [-0.05, 0) is 24.3 Å². The number of fused-ring (bicyclic) bond motifs is 3. The van der Waals surface area contributed by atoms with E-state index in [9.17, 15) is 8.42 Å². The molecular formula is C20H16NNaO3S. The predicted molar refractivity (Wildman–Crippen MR) is 101 cm³/mol. The van der Waals surface area contributed by atoms with Gasteiger partial charge >= 0.3 is 39.7 Å². The summed E-state index contributed by atoms with van der Waals surface area (Å²) < 4.78 is 29.3. The third-order valence-electron chi connectivity index (χ3n) is 4.04. The molecule has 4 nitrogen and oxygen atoms in total. The molecule has 0 amide bonds. The zero-order valence-electron chi connectivity index (χ0n) is 15.2. The second kappa shape index (κ2) is 7.68. The van der Waals surface area contributed by atoms with E-state index in [-0.39, 0.29) is 35.9 Å². The topological polar surface area (TPSA) is 59.2 Å². The monoisotopic (exact) mass is 373 g/mol. The number of hydrogen-bond donors (Lipinski definition) is 1. The van der Waals surface area contributed by atoms with Crippen LogP contribution in [0.5, 0.6) is 0 Å². The average Bonchev–Trinajstić information content (AvgIpc) is 3.02. The Balaban J connectivity index is 0.00000131. The first-order valence-corrected chi connectivity index (χ1v) is 9.20. The van der Waals surface area contributed by atoms with Crippen molar-refractivity contribution in [1.29, 1.82) is 0 Å². The fourth-order valence-electron chi connectivity index (χ4n) is 2.85. The molecule has 1 heterocycles. The second-order valence-electron chi connectivity index (χ2n) is 5.61. The van der Waals surface area contributed by atoms with Gasteiger partial charge in [-0.15, -0.1) is 0 Å². The first-order chi connectivity index (χ1) is 12.1. The third kappa shape index (κ3) is 3.57. The van der Waals surface area contributed by atoms with Gasteiger partial charge in [0.15, 0.2) is 0 Å². The van der Waals surface area contributed by atoms with Gasteiger partial charge in [0.05, 0.1) is 5.52 Å². The van der Waals surface area contributed by atoms with Crippen LogP contribution in [-0.4, -0.2) is 13.4 Å². The molecule has 6 heteroatoms. The van der Waals surface area contributed by atoms with E-state index in [0.29, 0.717) is 0 Å². The Kier molecular flexibility index (Phi) is 5.53. The van der Waals surface area contributed by atoms with Gasteiger partial charge in [0, 0.05) is 21.9 Å². The van der Waals surface area contributed by atoms with Crippen LogP contribution >= 0.6 is 0 Å². The van der Waals surface area contributed by atoms with E-state index in [0.717, 1.165) is 27.4 Å². The van der Waals surface area contributed by atoms with Gasteiger partial charge in [-0.1, -0.05) is 54.6 Å². The summed E-state index contributed by atoms with van der Waals surface area (Å²) in [5.41, 5.74) is 2.84. The maximum Gasteiger partial charge on any atom is 1.00 e. The Morgan fingerprint density at radius 2 is 1.54 bits per heavy atom. The molecule has 0 unspecified atom stereocenters. The van der Waals surface area contributed by atoms with Crippen LogP contribution in [0, 0.1) is 0 Å². The molecule has 0 aliphatic rings. The summed E-state index contributed by atoms with van der Waals surface area (Å²) in [6, 6.07) is 22.0. The maximum atomic E-state index is 12.1. The summed E-state index contributed by atoms with van der Waals surface area (Å²) in [6.45, 7) is 0. The zero-order chi connectivity index (χ0) is 17.3. The molecule has 0 fully saturated rings. The first-order valence-electron chi connectivity index (χ1n) is 7.79.